The highest BCUT2D eigenvalue weighted by molar-refractivity contribution is 5.80. The lowest BCUT2D eigenvalue weighted by Gasteiger charge is -2.37. The molecule has 1 amide bonds. The Hall–Kier alpha value is -0.730. The standard InChI is InChI=1S/C12H23N3O4/c1-8-4-15(6-10(7-16)18-8)5-9-2-3-11(19-9)12(17)14-13/h8-11,16H,2-7,13H2,1H3,(H,14,17). The average molecular weight is 273 g/mol. The number of carbonyl (C=O) groups excluding carboxylic acids is 1. The molecule has 4 N–H and O–H groups in total. The molecule has 7 nitrogen and oxygen atoms in total. The predicted octanol–water partition coefficient (Wildman–Crippen LogP) is -1.39. The molecule has 0 aromatic rings. The van der Waals surface area contributed by atoms with Gasteiger partial charge in [-0.25, -0.2) is 5.84 Å². The quantitative estimate of drug-likeness (QED) is 0.331. The van der Waals surface area contributed by atoms with Crippen LogP contribution < -0.4 is 11.3 Å². The summed E-state index contributed by atoms with van der Waals surface area (Å²) in [5.74, 6) is 4.84. The van der Waals surface area contributed by atoms with Gasteiger partial charge in [0.05, 0.1) is 24.9 Å². The van der Waals surface area contributed by atoms with E-state index < -0.39 is 6.10 Å². The number of nitrogens with two attached hydrogens (primary N) is 1. The van der Waals surface area contributed by atoms with Gasteiger partial charge in [-0.15, -0.1) is 0 Å². The highest BCUT2D eigenvalue weighted by Crippen LogP contribution is 2.22. The minimum atomic E-state index is -0.429. The van der Waals surface area contributed by atoms with Gasteiger partial charge in [0.25, 0.3) is 5.91 Å². The van der Waals surface area contributed by atoms with Crippen LogP contribution in [-0.4, -0.2) is 66.6 Å². The zero-order chi connectivity index (χ0) is 13.8. The molecule has 2 aliphatic rings. The van der Waals surface area contributed by atoms with E-state index in [1.165, 1.54) is 0 Å². The molecule has 0 bridgehead atoms. The van der Waals surface area contributed by atoms with Crippen LogP contribution in [0.4, 0.5) is 0 Å². The first kappa shape index (κ1) is 14.7. The summed E-state index contributed by atoms with van der Waals surface area (Å²) in [7, 11) is 0. The second kappa shape index (κ2) is 6.62. The first-order valence-corrected chi connectivity index (χ1v) is 6.77. The Balaban J connectivity index is 1.80. The lowest BCUT2D eigenvalue weighted by atomic mass is 10.1. The second-order valence-electron chi connectivity index (χ2n) is 5.30. The molecular formula is C12H23N3O4. The number of ether oxygens (including phenoxy) is 2. The van der Waals surface area contributed by atoms with Gasteiger partial charge in [-0.2, -0.15) is 0 Å². The van der Waals surface area contributed by atoms with Crippen molar-refractivity contribution in [2.75, 3.05) is 26.2 Å². The summed E-state index contributed by atoms with van der Waals surface area (Å²) in [6.07, 6.45) is 1.16. The van der Waals surface area contributed by atoms with Crippen molar-refractivity contribution in [3.05, 3.63) is 0 Å². The van der Waals surface area contributed by atoms with Crippen molar-refractivity contribution in [2.24, 2.45) is 5.84 Å². The molecule has 2 aliphatic heterocycles. The Labute approximate surface area is 113 Å². The Morgan fingerprint density at radius 1 is 1.37 bits per heavy atom. The van der Waals surface area contributed by atoms with Crippen LogP contribution in [0.2, 0.25) is 0 Å². The maximum atomic E-state index is 11.4. The third-order valence-electron chi connectivity index (χ3n) is 3.61. The summed E-state index contributed by atoms with van der Waals surface area (Å²) in [6, 6.07) is 0. The maximum Gasteiger partial charge on any atom is 0.263 e. The van der Waals surface area contributed by atoms with Gasteiger partial charge in [-0.1, -0.05) is 0 Å². The summed E-state index contributed by atoms with van der Waals surface area (Å²) in [5, 5.41) is 9.18. The van der Waals surface area contributed by atoms with Crippen LogP contribution in [0.25, 0.3) is 0 Å². The number of aliphatic hydroxyl groups is 1. The third kappa shape index (κ3) is 3.87. The van der Waals surface area contributed by atoms with E-state index in [0.29, 0.717) is 13.0 Å². The highest BCUT2D eigenvalue weighted by atomic mass is 16.5. The lowest BCUT2D eigenvalue weighted by Crippen LogP contribution is -2.50. The normalized spacial score (nSPS) is 36.4. The zero-order valence-electron chi connectivity index (χ0n) is 11.2. The first-order chi connectivity index (χ1) is 9.12. The summed E-state index contributed by atoms with van der Waals surface area (Å²) in [5.41, 5.74) is 2.12. The van der Waals surface area contributed by atoms with Crippen LogP contribution >= 0.6 is 0 Å². The molecule has 110 valence electrons. The smallest absolute Gasteiger partial charge is 0.263 e. The van der Waals surface area contributed by atoms with Gasteiger partial charge in [0.1, 0.15) is 6.10 Å². The molecule has 0 aromatic carbocycles. The van der Waals surface area contributed by atoms with E-state index in [-0.39, 0.29) is 30.8 Å². The van der Waals surface area contributed by atoms with Crippen LogP contribution in [0.5, 0.6) is 0 Å². The molecule has 0 saturated carbocycles. The minimum absolute atomic E-state index is 0.0323. The molecule has 2 rings (SSSR count). The van der Waals surface area contributed by atoms with Crippen molar-refractivity contribution in [3.8, 4) is 0 Å². The van der Waals surface area contributed by atoms with Crippen molar-refractivity contribution in [1.82, 2.24) is 10.3 Å². The number of hydrogen-bond donors (Lipinski definition) is 3. The average Bonchev–Trinajstić information content (AvgIpc) is 2.85. The molecule has 0 aliphatic carbocycles. The van der Waals surface area contributed by atoms with E-state index in [9.17, 15) is 9.90 Å². The predicted molar refractivity (Wildman–Crippen MR) is 68.1 cm³/mol. The Morgan fingerprint density at radius 3 is 2.84 bits per heavy atom. The van der Waals surface area contributed by atoms with Crippen molar-refractivity contribution in [2.45, 2.75) is 44.2 Å². The molecule has 0 spiro atoms. The molecule has 7 heteroatoms. The van der Waals surface area contributed by atoms with Gasteiger partial charge in [0, 0.05) is 19.6 Å². The van der Waals surface area contributed by atoms with Crippen molar-refractivity contribution in [1.29, 1.82) is 0 Å². The number of hydrogen-bond acceptors (Lipinski definition) is 6. The fourth-order valence-corrected chi connectivity index (χ4v) is 2.80. The Morgan fingerprint density at radius 2 is 2.16 bits per heavy atom. The van der Waals surface area contributed by atoms with Gasteiger partial charge in [0.15, 0.2) is 0 Å². The van der Waals surface area contributed by atoms with Crippen molar-refractivity contribution >= 4 is 5.91 Å². The number of rotatable bonds is 4. The Kier molecular flexibility index (Phi) is 5.12. The molecule has 2 heterocycles. The molecule has 19 heavy (non-hydrogen) atoms. The van der Waals surface area contributed by atoms with Gasteiger partial charge < -0.3 is 14.6 Å². The van der Waals surface area contributed by atoms with E-state index in [1.807, 2.05) is 6.92 Å². The fraction of sp³-hybridized carbons (Fsp3) is 0.917. The molecule has 2 fully saturated rings. The molecule has 2 saturated heterocycles. The molecule has 0 radical (unpaired) electrons. The topological polar surface area (TPSA) is 97.1 Å². The van der Waals surface area contributed by atoms with Crippen LogP contribution in [0.15, 0.2) is 0 Å². The van der Waals surface area contributed by atoms with E-state index >= 15 is 0 Å². The first-order valence-electron chi connectivity index (χ1n) is 6.77. The van der Waals surface area contributed by atoms with Crippen LogP contribution in [0.3, 0.4) is 0 Å². The molecule has 4 atom stereocenters. The van der Waals surface area contributed by atoms with Gasteiger partial charge in [-0.3, -0.25) is 15.1 Å². The molecule has 4 unspecified atom stereocenters. The second-order valence-corrected chi connectivity index (χ2v) is 5.30. The number of hydrazine groups is 1. The van der Waals surface area contributed by atoms with Gasteiger partial charge >= 0.3 is 0 Å². The van der Waals surface area contributed by atoms with Gasteiger partial charge in [0.2, 0.25) is 0 Å². The Bertz CT molecular complexity index is 315. The third-order valence-corrected chi connectivity index (χ3v) is 3.61. The monoisotopic (exact) mass is 273 g/mol. The van der Waals surface area contributed by atoms with Crippen molar-refractivity contribution in [3.63, 3.8) is 0 Å². The number of morpholine rings is 1. The number of aliphatic hydroxyl groups excluding tert-OH is 1. The highest BCUT2D eigenvalue weighted by Gasteiger charge is 2.33. The number of amides is 1. The van der Waals surface area contributed by atoms with E-state index in [4.69, 9.17) is 15.3 Å². The number of nitrogens with one attached hydrogen (secondary N) is 1. The number of carbonyl (C=O) groups is 1. The summed E-state index contributed by atoms with van der Waals surface area (Å²) < 4.78 is 11.3. The zero-order valence-corrected chi connectivity index (χ0v) is 11.2. The number of nitrogens with zero attached hydrogens (tertiary/aromatic N) is 1. The summed E-state index contributed by atoms with van der Waals surface area (Å²) in [4.78, 5) is 13.6. The van der Waals surface area contributed by atoms with Crippen LogP contribution in [0.1, 0.15) is 19.8 Å². The minimum Gasteiger partial charge on any atom is -0.394 e. The van der Waals surface area contributed by atoms with E-state index in [2.05, 4.69) is 10.3 Å². The van der Waals surface area contributed by atoms with Gasteiger partial charge in [-0.05, 0) is 19.8 Å². The molecule has 0 aromatic heterocycles. The van der Waals surface area contributed by atoms with E-state index in [1.54, 1.807) is 0 Å². The SMILES string of the molecule is CC1CN(CC2CCC(C(=O)NN)O2)CC(CO)O1. The lowest BCUT2D eigenvalue weighted by molar-refractivity contribution is -0.134. The molecular weight excluding hydrogens is 250 g/mol. The van der Waals surface area contributed by atoms with E-state index in [0.717, 1.165) is 19.5 Å². The van der Waals surface area contributed by atoms with Crippen molar-refractivity contribution < 1.29 is 19.4 Å². The van der Waals surface area contributed by atoms with Crippen LogP contribution in [-0.2, 0) is 14.3 Å². The largest absolute Gasteiger partial charge is 0.394 e. The summed E-state index contributed by atoms with van der Waals surface area (Å²) in [6.45, 7) is 4.32. The maximum absolute atomic E-state index is 11.4. The fourth-order valence-electron chi connectivity index (χ4n) is 2.80. The van der Waals surface area contributed by atoms with Crippen LogP contribution in [0, 0.1) is 0 Å². The summed E-state index contributed by atoms with van der Waals surface area (Å²) >= 11 is 0.